The molecule has 1 atom stereocenters. The van der Waals surface area contributed by atoms with Gasteiger partial charge in [-0.15, -0.1) is 0 Å². The van der Waals surface area contributed by atoms with E-state index in [1.807, 2.05) is 6.92 Å². The summed E-state index contributed by atoms with van der Waals surface area (Å²) in [6, 6.07) is 2.29. The van der Waals surface area contributed by atoms with Crippen molar-refractivity contribution in [2.75, 3.05) is 19.8 Å². The summed E-state index contributed by atoms with van der Waals surface area (Å²) in [5, 5.41) is 3.09. The monoisotopic (exact) mass is 271 g/mol. The topological polar surface area (TPSA) is 30.5 Å². The first-order valence-electron chi connectivity index (χ1n) is 6.54. The molecule has 0 bridgehead atoms. The maximum absolute atomic E-state index is 14.1. The van der Waals surface area contributed by atoms with Crippen LogP contribution in [0.15, 0.2) is 12.1 Å². The molecule has 0 aromatic heterocycles. The lowest BCUT2D eigenvalue weighted by molar-refractivity contribution is -0.0532. The normalized spacial score (nSPS) is 17.9. The van der Waals surface area contributed by atoms with E-state index in [1.54, 1.807) is 6.92 Å². The lowest BCUT2D eigenvalue weighted by atomic mass is 9.99. The summed E-state index contributed by atoms with van der Waals surface area (Å²) in [6.07, 6.45) is -0.00568. The van der Waals surface area contributed by atoms with Crippen LogP contribution in [0.5, 0.6) is 0 Å². The summed E-state index contributed by atoms with van der Waals surface area (Å²) in [6.45, 7) is 5.20. The van der Waals surface area contributed by atoms with E-state index in [2.05, 4.69) is 5.32 Å². The molecule has 0 spiro atoms. The molecule has 0 saturated carbocycles. The van der Waals surface area contributed by atoms with E-state index in [0.717, 1.165) is 0 Å². The van der Waals surface area contributed by atoms with E-state index in [4.69, 9.17) is 9.47 Å². The van der Waals surface area contributed by atoms with Gasteiger partial charge in [0.1, 0.15) is 11.6 Å². The van der Waals surface area contributed by atoms with Gasteiger partial charge in [0.05, 0.1) is 13.2 Å². The fourth-order valence-electron chi connectivity index (χ4n) is 2.28. The third-order valence-electron chi connectivity index (χ3n) is 3.24. The molecule has 1 unspecified atom stereocenters. The van der Waals surface area contributed by atoms with E-state index < -0.39 is 24.0 Å². The minimum Gasteiger partial charge on any atom is -0.350 e. The molecule has 1 fully saturated rings. The second-order valence-corrected chi connectivity index (χ2v) is 4.61. The highest BCUT2D eigenvalue weighted by molar-refractivity contribution is 5.29. The Morgan fingerprint density at radius 1 is 1.32 bits per heavy atom. The first-order chi connectivity index (χ1) is 9.13. The van der Waals surface area contributed by atoms with Gasteiger partial charge in [-0.2, -0.15) is 0 Å². The van der Waals surface area contributed by atoms with Crippen LogP contribution in [0.3, 0.4) is 0 Å². The molecule has 0 radical (unpaired) electrons. The smallest absolute Gasteiger partial charge is 0.159 e. The molecular formula is C14H19F2NO2. The van der Waals surface area contributed by atoms with Gasteiger partial charge in [-0.1, -0.05) is 13.0 Å². The molecule has 3 nitrogen and oxygen atoms in total. The summed E-state index contributed by atoms with van der Waals surface area (Å²) in [5.74, 6) is -1.03. The zero-order valence-electron chi connectivity index (χ0n) is 11.2. The number of hydrogen-bond donors (Lipinski definition) is 1. The van der Waals surface area contributed by atoms with Crippen LogP contribution in [-0.2, 0) is 9.47 Å². The molecule has 1 aromatic carbocycles. The molecule has 5 heteroatoms. The fraction of sp³-hybridized carbons (Fsp3) is 0.571. The Bertz CT molecular complexity index is 434. The molecule has 1 N–H and O–H groups in total. The van der Waals surface area contributed by atoms with Gasteiger partial charge < -0.3 is 14.8 Å². The summed E-state index contributed by atoms with van der Waals surface area (Å²) < 4.78 is 38.8. The number of ether oxygens (including phenoxy) is 2. The van der Waals surface area contributed by atoms with Gasteiger partial charge >= 0.3 is 0 Å². The first-order valence-corrected chi connectivity index (χ1v) is 6.54. The third kappa shape index (κ3) is 3.29. The predicted octanol–water partition coefficient (Wildman–Crippen LogP) is 2.69. The second kappa shape index (κ2) is 6.41. The van der Waals surface area contributed by atoms with Gasteiger partial charge in [-0.3, -0.25) is 0 Å². The molecule has 0 aliphatic carbocycles. The number of halogens is 2. The lowest BCUT2D eigenvalue weighted by Crippen LogP contribution is -2.27. The highest BCUT2D eigenvalue weighted by Gasteiger charge is 2.26. The van der Waals surface area contributed by atoms with Gasteiger partial charge in [0.2, 0.25) is 0 Å². The minimum absolute atomic E-state index is 0.0703. The molecule has 1 aliphatic heterocycles. The molecule has 1 saturated heterocycles. The molecule has 19 heavy (non-hydrogen) atoms. The average molecular weight is 271 g/mol. The van der Waals surface area contributed by atoms with Crippen molar-refractivity contribution in [3.8, 4) is 0 Å². The van der Waals surface area contributed by atoms with Gasteiger partial charge in [0.25, 0.3) is 0 Å². The zero-order valence-corrected chi connectivity index (χ0v) is 11.2. The Kier molecular flexibility index (Phi) is 4.85. The number of benzene rings is 1. The fourth-order valence-corrected chi connectivity index (χ4v) is 2.28. The maximum Gasteiger partial charge on any atom is 0.159 e. The van der Waals surface area contributed by atoms with Crippen molar-refractivity contribution in [3.63, 3.8) is 0 Å². The summed E-state index contributed by atoms with van der Waals surface area (Å²) in [5.41, 5.74) is 0.508. The van der Waals surface area contributed by atoms with Crippen LogP contribution in [0, 0.1) is 18.6 Å². The van der Waals surface area contributed by atoms with Gasteiger partial charge in [0, 0.05) is 18.0 Å². The minimum atomic E-state index is -0.535. The SMILES string of the molecule is CCNC(CC1OCCO1)c1c(F)ccc(C)c1F. The molecular weight excluding hydrogens is 252 g/mol. The Morgan fingerprint density at radius 2 is 2.00 bits per heavy atom. The molecule has 0 amide bonds. The van der Waals surface area contributed by atoms with Crippen molar-refractivity contribution in [2.45, 2.75) is 32.6 Å². The average Bonchev–Trinajstić information content (AvgIpc) is 2.87. The molecule has 1 aromatic rings. The Labute approximate surface area is 111 Å². The number of rotatable bonds is 5. The van der Waals surface area contributed by atoms with Crippen LogP contribution in [0.2, 0.25) is 0 Å². The van der Waals surface area contributed by atoms with E-state index in [9.17, 15) is 8.78 Å². The Hall–Kier alpha value is -1.04. The third-order valence-corrected chi connectivity index (χ3v) is 3.24. The standard InChI is InChI=1S/C14H19F2NO2/c1-3-17-11(8-12-18-6-7-19-12)13-10(15)5-4-9(2)14(13)16/h4-5,11-12,17H,3,6-8H2,1-2H3. The van der Waals surface area contributed by atoms with E-state index in [-0.39, 0.29) is 5.56 Å². The van der Waals surface area contributed by atoms with Crippen molar-refractivity contribution in [3.05, 3.63) is 34.9 Å². The van der Waals surface area contributed by atoms with Gasteiger partial charge in [-0.05, 0) is 25.1 Å². The van der Waals surface area contributed by atoms with Crippen molar-refractivity contribution in [1.29, 1.82) is 0 Å². The van der Waals surface area contributed by atoms with Crippen LogP contribution in [0.4, 0.5) is 8.78 Å². The van der Waals surface area contributed by atoms with Crippen LogP contribution in [0.1, 0.15) is 30.5 Å². The lowest BCUT2D eigenvalue weighted by Gasteiger charge is -2.22. The van der Waals surface area contributed by atoms with Crippen LogP contribution in [-0.4, -0.2) is 26.0 Å². The Balaban J connectivity index is 2.24. The molecule has 106 valence electrons. The largest absolute Gasteiger partial charge is 0.350 e. The van der Waals surface area contributed by atoms with E-state index in [0.29, 0.717) is 31.7 Å². The molecule has 1 aliphatic rings. The highest BCUT2D eigenvalue weighted by Crippen LogP contribution is 2.28. The number of aryl methyl sites for hydroxylation is 1. The quantitative estimate of drug-likeness (QED) is 0.893. The van der Waals surface area contributed by atoms with Crippen molar-refractivity contribution in [1.82, 2.24) is 5.32 Å². The first kappa shape index (κ1) is 14.4. The van der Waals surface area contributed by atoms with Crippen LogP contribution < -0.4 is 5.32 Å². The van der Waals surface area contributed by atoms with Crippen LogP contribution >= 0.6 is 0 Å². The number of hydrogen-bond acceptors (Lipinski definition) is 3. The zero-order chi connectivity index (χ0) is 13.8. The van der Waals surface area contributed by atoms with Crippen molar-refractivity contribution in [2.24, 2.45) is 0 Å². The predicted molar refractivity (Wildman–Crippen MR) is 67.8 cm³/mol. The Morgan fingerprint density at radius 3 is 2.63 bits per heavy atom. The van der Waals surface area contributed by atoms with Gasteiger partial charge in [0.15, 0.2) is 6.29 Å². The summed E-state index contributed by atoms with van der Waals surface area (Å²) in [4.78, 5) is 0. The van der Waals surface area contributed by atoms with Gasteiger partial charge in [-0.25, -0.2) is 8.78 Å². The maximum atomic E-state index is 14.1. The van der Waals surface area contributed by atoms with E-state index >= 15 is 0 Å². The van der Waals surface area contributed by atoms with E-state index in [1.165, 1.54) is 12.1 Å². The van der Waals surface area contributed by atoms with Crippen molar-refractivity contribution >= 4 is 0 Å². The summed E-state index contributed by atoms with van der Waals surface area (Å²) in [7, 11) is 0. The second-order valence-electron chi connectivity index (χ2n) is 4.61. The highest BCUT2D eigenvalue weighted by atomic mass is 19.1. The molecule has 2 rings (SSSR count). The summed E-state index contributed by atoms with van der Waals surface area (Å²) >= 11 is 0. The van der Waals surface area contributed by atoms with Crippen molar-refractivity contribution < 1.29 is 18.3 Å². The number of nitrogens with one attached hydrogen (secondary N) is 1. The van der Waals surface area contributed by atoms with Crippen LogP contribution in [0.25, 0.3) is 0 Å². The molecule has 1 heterocycles.